The van der Waals surface area contributed by atoms with Gasteiger partial charge in [-0.1, -0.05) is 0 Å². The normalized spacial score (nSPS) is 28.8. The molecule has 0 bridgehead atoms. The van der Waals surface area contributed by atoms with Crippen molar-refractivity contribution in [2.45, 2.75) is 19.8 Å². The summed E-state index contributed by atoms with van der Waals surface area (Å²) in [7, 11) is 0. The van der Waals surface area contributed by atoms with E-state index in [9.17, 15) is 4.79 Å². The monoisotopic (exact) mass is 150 g/mol. The van der Waals surface area contributed by atoms with Crippen LogP contribution in [0.15, 0.2) is 23.7 Å². The van der Waals surface area contributed by atoms with Crippen LogP contribution in [0.3, 0.4) is 0 Å². The van der Waals surface area contributed by atoms with Crippen molar-refractivity contribution >= 4 is 5.78 Å². The minimum Gasteiger partial charge on any atom is -0.466 e. The van der Waals surface area contributed by atoms with Crippen LogP contribution in [0.5, 0.6) is 0 Å². The predicted octanol–water partition coefficient (Wildman–Crippen LogP) is 1.78. The average Bonchev–Trinajstić information content (AvgIpc) is 2.27. The molecule has 2 nitrogen and oxygen atoms in total. The molecule has 11 heavy (non-hydrogen) atoms. The molecule has 0 fully saturated rings. The first kappa shape index (κ1) is 6.65. The Labute approximate surface area is 65.5 Å². The molecule has 2 aliphatic rings. The molecular weight excluding hydrogens is 140 g/mol. The zero-order valence-electron chi connectivity index (χ0n) is 6.46. The summed E-state index contributed by atoms with van der Waals surface area (Å²) in [4.78, 5) is 10.9. The molecule has 0 saturated carbocycles. The van der Waals surface area contributed by atoms with E-state index in [-0.39, 0.29) is 5.78 Å². The molecule has 1 heterocycles. The maximum absolute atomic E-state index is 10.9. The number of carbonyl (C=O) groups excluding carboxylic acids is 1. The fraction of sp³-hybridized carbons (Fsp3) is 0.444. The van der Waals surface area contributed by atoms with E-state index >= 15 is 0 Å². The lowest BCUT2D eigenvalue weighted by Gasteiger charge is -2.18. The zero-order valence-corrected chi connectivity index (χ0v) is 6.46. The molecule has 0 aromatic rings. The van der Waals surface area contributed by atoms with Gasteiger partial charge < -0.3 is 4.74 Å². The molecule has 0 saturated heterocycles. The predicted molar refractivity (Wildman–Crippen MR) is 40.7 cm³/mol. The second-order valence-corrected chi connectivity index (χ2v) is 3.07. The van der Waals surface area contributed by atoms with E-state index in [1.165, 1.54) is 0 Å². The van der Waals surface area contributed by atoms with Crippen LogP contribution < -0.4 is 0 Å². The fourth-order valence-electron chi connectivity index (χ4n) is 1.53. The first-order valence-corrected chi connectivity index (χ1v) is 3.85. The van der Waals surface area contributed by atoms with Crippen molar-refractivity contribution in [1.82, 2.24) is 0 Å². The SMILES string of the molecule is CC1=CCC2CC(=O)C=C2O1. The Kier molecular flexibility index (Phi) is 1.34. The van der Waals surface area contributed by atoms with Gasteiger partial charge in [0.2, 0.25) is 0 Å². The molecule has 0 N–H and O–H groups in total. The lowest BCUT2D eigenvalue weighted by Crippen LogP contribution is -2.07. The molecule has 1 aliphatic carbocycles. The maximum atomic E-state index is 10.9. The Balaban J connectivity index is 2.25. The number of rotatable bonds is 0. The number of ketones is 1. The van der Waals surface area contributed by atoms with Gasteiger partial charge in [0.05, 0.1) is 5.76 Å². The van der Waals surface area contributed by atoms with Crippen LogP contribution in [0.4, 0.5) is 0 Å². The third-order valence-electron chi connectivity index (χ3n) is 2.12. The number of hydrogen-bond acceptors (Lipinski definition) is 2. The van der Waals surface area contributed by atoms with E-state index in [0.29, 0.717) is 12.3 Å². The Morgan fingerprint density at radius 2 is 2.45 bits per heavy atom. The first-order valence-electron chi connectivity index (χ1n) is 3.85. The molecular formula is C9H10O2. The Morgan fingerprint density at radius 3 is 3.27 bits per heavy atom. The van der Waals surface area contributed by atoms with Crippen LogP contribution in [-0.4, -0.2) is 5.78 Å². The van der Waals surface area contributed by atoms with Crippen molar-refractivity contribution < 1.29 is 9.53 Å². The van der Waals surface area contributed by atoms with Crippen molar-refractivity contribution in [2.24, 2.45) is 5.92 Å². The van der Waals surface area contributed by atoms with Gasteiger partial charge in [-0.05, 0) is 19.4 Å². The largest absolute Gasteiger partial charge is 0.466 e. The topological polar surface area (TPSA) is 26.3 Å². The molecule has 58 valence electrons. The standard InChI is InChI=1S/C9H10O2/c1-6-2-3-7-4-8(10)5-9(7)11-6/h2,5,7H,3-4H2,1H3. The van der Waals surface area contributed by atoms with E-state index in [4.69, 9.17) is 4.74 Å². The van der Waals surface area contributed by atoms with Gasteiger partial charge in [0.15, 0.2) is 5.78 Å². The molecule has 0 aromatic carbocycles. The second-order valence-electron chi connectivity index (χ2n) is 3.07. The summed E-state index contributed by atoms with van der Waals surface area (Å²) in [6.45, 7) is 1.92. The molecule has 0 radical (unpaired) electrons. The van der Waals surface area contributed by atoms with Crippen LogP contribution in [-0.2, 0) is 9.53 Å². The van der Waals surface area contributed by atoms with Crippen LogP contribution in [0.2, 0.25) is 0 Å². The van der Waals surface area contributed by atoms with Gasteiger partial charge >= 0.3 is 0 Å². The molecule has 1 aliphatic heterocycles. The Bertz CT molecular complexity index is 261. The average molecular weight is 150 g/mol. The van der Waals surface area contributed by atoms with Crippen LogP contribution in [0.1, 0.15) is 19.8 Å². The lowest BCUT2D eigenvalue weighted by molar-refractivity contribution is -0.114. The van der Waals surface area contributed by atoms with Gasteiger partial charge in [0.1, 0.15) is 5.76 Å². The molecule has 1 atom stereocenters. The molecule has 0 spiro atoms. The number of carbonyl (C=O) groups is 1. The Morgan fingerprint density at radius 1 is 1.64 bits per heavy atom. The second kappa shape index (κ2) is 2.22. The Hall–Kier alpha value is -1.05. The molecule has 2 rings (SSSR count). The van der Waals surface area contributed by atoms with E-state index < -0.39 is 0 Å². The van der Waals surface area contributed by atoms with Crippen LogP contribution in [0, 0.1) is 5.92 Å². The van der Waals surface area contributed by atoms with E-state index in [1.54, 1.807) is 6.08 Å². The summed E-state index contributed by atoms with van der Waals surface area (Å²) in [5, 5.41) is 0. The summed E-state index contributed by atoms with van der Waals surface area (Å²) in [5.41, 5.74) is 0. The van der Waals surface area contributed by atoms with Gasteiger partial charge in [-0.25, -0.2) is 0 Å². The van der Waals surface area contributed by atoms with E-state index in [1.807, 2.05) is 13.0 Å². The number of hydrogen-bond donors (Lipinski definition) is 0. The molecule has 0 amide bonds. The van der Waals surface area contributed by atoms with Gasteiger partial charge in [0.25, 0.3) is 0 Å². The van der Waals surface area contributed by atoms with Crippen LogP contribution >= 0.6 is 0 Å². The summed E-state index contributed by atoms with van der Waals surface area (Å²) in [6, 6.07) is 0. The number of allylic oxidation sites excluding steroid dienone is 4. The van der Waals surface area contributed by atoms with Gasteiger partial charge in [-0.2, -0.15) is 0 Å². The van der Waals surface area contributed by atoms with Gasteiger partial charge in [0, 0.05) is 18.4 Å². The highest BCUT2D eigenvalue weighted by Gasteiger charge is 2.28. The zero-order chi connectivity index (χ0) is 7.84. The summed E-state index contributed by atoms with van der Waals surface area (Å²) >= 11 is 0. The van der Waals surface area contributed by atoms with Crippen molar-refractivity contribution in [2.75, 3.05) is 0 Å². The minimum absolute atomic E-state index is 0.202. The van der Waals surface area contributed by atoms with E-state index in [0.717, 1.165) is 17.9 Å². The van der Waals surface area contributed by atoms with Crippen LogP contribution in [0.25, 0.3) is 0 Å². The fourth-order valence-corrected chi connectivity index (χ4v) is 1.53. The number of fused-ring (bicyclic) bond motifs is 1. The summed E-state index contributed by atoms with van der Waals surface area (Å²) in [6.07, 6.45) is 5.27. The lowest BCUT2D eigenvalue weighted by atomic mass is 10.0. The van der Waals surface area contributed by atoms with Gasteiger partial charge in [-0.15, -0.1) is 0 Å². The maximum Gasteiger partial charge on any atom is 0.159 e. The highest BCUT2D eigenvalue weighted by molar-refractivity contribution is 5.93. The number of ether oxygens (including phenoxy) is 1. The quantitative estimate of drug-likeness (QED) is 0.526. The smallest absolute Gasteiger partial charge is 0.159 e. The van der Waals surface area contributed by atoms with Crippen molar-refractivity contribution in [3.05, 3.63) is 23.7 Å². The summed E-state index contributed by atoms with van der Waals surface area (Å²) < 4.78 is 5.38. The molecule has 1 unspecified atom stereocenters. The van der Waals surface area contributed by atoms with Crippen molar-refractivity contribution in [1.29, 1.82) is 0 Å². The minimum atomic E-state index is 0.202. The van der Waals surface area contributed by atoms with Crippen molar-refractivity contribution in [3.63, 3.8) is 0 Å². The molecule has 2 heteroatoms. The van der Waals surface area contributed by atoms with E-state index in [2.05, 4.69) is 0 Å². The highest BCUT2D eigenvalue weighted by atomic mass is 16.5. The van der Waals surface area contributed by atoms with Crippen molar-refractivity contribution in [3.8, 4) is 0 Å². The van der Waals surface area contributed by atoms with Gasteiger partial charge in [-0.3, -0.25) is 4.79 Å². The summed E-state index contributed by atoms with van der Waals surface area (Å²) in [5.74, 6) is 2.33. The third-order valence-corrected chi connectivity index (χ3v) is 2.12. The molecule has 0 aromatic heterocycles. The highest BCUT2D eigenvalue weighted by Crippen LogP contribution is 2.33. The third kappa shape index (κ3) is 1.09. The first-order chi connectivity index (χ1) is 5.25.